The number of aliphatic hydroxyl groups is 2. The number of phosphoric acid groups is 1. The van der Waals surface area contributed by atoms with Crippen LogP contribution in [0.1, 0.15) is 6.23 Å². The fraction of sp³-hybridized carbons (Fsp3) is 0.389. The number of nitrogens with one attached hydrogen (secondary N) is 1. The summed E-state index contributed by atoms with van der Waals surface area (Å²) in [5.74, 6) is -0.679. The molecular weight excluding hydrogens is 516 g/mol. The molecular formula is C18H21ClFN5O9P+. The van der Waals surface area contributed by atoms with Gasteiger partial charge in [0.05, 0.1) is 11.6 Å². The maximum atomic E-state index is 13.6. The molecule has 0 radical (unpaired) electrons. The number of imidazole rings is 1. The van der Waals surface area contributed by atoms with Crippen LogP contribution >= 0.6 is 19.4 Å². The minimum absolute atomic E-state index is 0.00315. The van der Waals surface area contributed by atoms with Crippen LogP contribution in [0.4, 0.5) is 10.3 Å². The van der Waals surface area contributed by atoms with Crippen LogP contribution in [-0.4, -0.2) is 66.1 Å². The van der Waals surface area contributed by atoms with Crippen LogP contribution in [0.25, 0.3) is 11.2 Å². The number of ether oxygens (including phenoxy) is 2. The lowest BCUT2D eigenvalue weighted by Gasteiger charge is -2.14. The molecule has 3 aromatic rings. The lowest BCUT2D eigenvalue weighted by Crippen LogP contribution is -2.46. The number of phosphoric ester groups is 1. The molecule has 35 heavy (non-hydrogen) atoms. The average Bonchev–Trinajstić information content (AvgIpc) is 3.26. The van der Waals surface area contributed by atoms with E-state index < -0.39 is 50.3 Å². The van der Waals surface area contributed by atoms with Crippen molar-refractivity contribution >= 4 is 36.5 Å². The van der Waals surface area contributed by atoms with Crippen LogP contribution < -0.4 is 20.6 Å². The van der Waals surface area contributed by atoms with Gasteiger partial charge >= 0.3 is 13.5 Å². The van der Waals surface area contributed by atoms with Gasteiger partial charge in [0.2, 0.25) is 11.7 Å². The molecule has 1 saturated heterocycles. The van der Waals surface area contributed by atoms with E-state index in [1.165, 1.54) is 27.6 Å². The van der Waals surface area contributed by atoms with Crippen LogP contribution in [0.2, 0.25) is 5.02 Å². The number of aromatic amines is 1. The van der Waals surface area contributed by atoms with E-state index >= 15 is 0 Å². The number of aliphatic hydroxyl groups excluding tert-OH is 2. The summed E-state index contributed by atoms with van der Waals surface area (Å²) in [6.07, 6.45) is -4.37. The zero-order valence-electron chi connectivity index (χ0n) is 17.7. The van der Waals surface area contributed by atoms with Crippen LogP contribution in [-0.2, 0) is 20.4 Å². The standard InChI is InChI=1S/C18H20ClFN5O9P/c19-9-2-1-8(5-10(9)20)32-4-3-24-7-25(15-12(24)16(28)23-18(21)22-15)17-14(27)13(26)11(34-17)6-33-35(29,30)31/h1-2,5,7,11,13-14,17,26-27H,3-4,6H2,(H4-,21,22,23,28,29,30,31)/p+1/t11-,13-,14-,17-/m1/s1. The molecule has 4 rings (SSSR count). The van der Waals surface area contributed by atoms with Crippen molar-refractivity contribution in [1.29, 1.82) is 0 Å². The van der Waals surface area contributed by atoms with E-state index in [1.807, 2.05) is 0 Å². The van der Waals surface area contributed by atoms with Gasteiger partial charge in [-0.05, 0) is 12.1 Å². The first-order valence-corrected chi connectivity index (χ1v) is 11.9. The molecule has 1 aliphatic heterocycles. The van der Waals surface area contributed by atoms with Crippen molar-refractivity contribution < 1.29 is 47.5 Å². The molecule has 0 amide bonds. The molecule has 0 aliphatic carbocycles. The van der Waals surface area contributed by atoms with Crippen LogP contribution in [0.3, 0.4) is 0 Å². The highest BCUT2D eigenvalue weighted by Gasteiger charge is 2.47. The zero-order chi connectivity index (χ0) is 25.5. The number of nitrogens with zero attached hydrogens (tertiary/aromatic N) is 3. The average molecular weight is 537 g/mol. The molecule has 3 heterocycles. The quantitative estimate of drug-likeness (QED) is 0.155. The monoisotopic (exact) mass is 536 g/mol. The van der Waals surface area contributed by atoms with Crippen molar-refractivity contribution in [1.82, 2.24) is 14.5 Å². The lowest BCUT2D eigenvalue weighted by molar-refractivity contribution is -0.746. The Morgan fingerprint density at radius 3 is 2.77 bits per heavy atom. The molecule has 17 heteroatoms. The summed E-state index contributed by atoms with van der Waals surface area (Å²) in [4.78, 5) is 36.8. The zero-order valence-corrected chi connectivity index (χ0v) is 19.3. The number of nitrogen functional groups attached to an aromatic ring is 1. The minimum Gasteiger partial charge on any atom is -0.490 e. The van der Waals surface area contributed by atoms with E-state index in [0.29, 0.717) is 0 Å². The molecule has 1 aromatic carbocycles. The van der Waals surface area contributed by atoms with Gasteiger partial charge in [-0.3, -0.25) is 18.9 Å². The van der Waals surface area contributed by atoms with Crippen LogP contribution in [0, 0.1) is 5.82 Å². The normalized spacial score (nSPS) is 22.7. The van der Waals surface area contributed by atoms with Gasteiger partial charge in [-0.2, -0.15) is 0 Å². The van der Waals surface area contributed by atoms with E-state index in [9.17, 15) is 24.0 Å². The Bertz CT molecular complexity index is 1350. The summed E-state index contributed by atoms with van der Waals surface area (Å²) in [6, 6.07) is 3.91. The number of hydrogen-bond donors (Lipinski definition) is 6. The highest BCUT2D eigenvalue weighted by molar-refractivity contribution is 7.46. The number of nitrogens with two attached hydrogens (primary N) is 1. The van der Waals surface area contributed by atoms with Crippen LogP contribution in [0.5, 0.6) is 5.75 Å². The van der Waals surface area contributed by atoms with E-state index in [-0.39, 0.29) is 41.0 Å². The van der Waals surface area contributed by atoms with Gasteiger partial charge < -0.3 is 35.2 Å². The Hall–Kier alpha value is -2.62. The predicted octanol–water partition coefficient (Wildman–Crippen LogP) is -0.806. The van der Waals surface area contributed by atoms with Gasteiger partial charge in [0.25, 0.3) is 11.5 Å². The van der Waals surface area contributed by atoms with E-state index in [1.54, 1.807) is 0 Å². The maximum absolute atomic E-state index is 13.6. The van der Waals surface area contributed by atoms with Gasteiger partial charge in [-0.25, -0.2) is 13.5 Å². The van der Waals surface area contributed by atoms with Crippen molar-refractivity contribution in [3.05, 3.63) is 45.7 Å². The SMILES string of the molecule is Nc1nc2c(c(=O)[nH]1)n(CCOc1ccc(Cl)c(F)c1)c[n+]2[C@@H]1O[C@H](COP(=O)(O)O)[C@@H](O)[C@H]1O. The second-order valence-corrected chi connectivity index (χ2v) is 9.24. The number of H-pyrrole nitrogens is 1. The third-order valence-electron chi connectivity index (χ3n) is 5.20. The highest BCUT2D eigenvalue weighted by atomic mass is 35.5. The largest absolute Gasteiger partial charge is 0.490 e. The molecule has 0 bridgehead atoms. The van der Waals surface area contributed by atoms with E-state index in [2.05, 4.69) is 14.5 Å². The van der Waals surface area contributed by atoms with Crippen molar-refractivity contribution in [2.45, 2.75) is 31.1 Å². The number of halogens is 2. The molecule has 1 aliphatic rings. The Labute approximate surface area is 200 Å². The van der Waals surface area contributed by atoms with Crippen molar-refractivity contribution in [3.63, 3.8) is 0 Å². The third kappa shape index (κ3) is 5.47. The molecule has 2 aromatic heterocycles. The molecule has 7 N–H and O–H groups in total. The molecule has 0 saturated carbocycles. The molecule has 190 valence electrons. The third-order valence-corrected chi connectivity index (χ3v) is 5.99. The van der Waals surface area contributed by atoms with E-state index in [4.69, 9.17) is 36.6 Å². The Kier molecular flexibility index (Phi) is 7.13. The summed E-state index contributed by atoms with van der Waals surface area (Å²) in [5, 5.41) is 20.7. The van der Waals surface area contributed by atoms with Gasteiger partial charge in [0, 0.05) is 6.07 Å². The van der Waals surface area contributed by atoms with Gasteiger partial charge in [-0.1, -0.05) is 16.6 Å². The Morgan fingerprint density at radius 1 is 1.34 bits per heavy atom. The van der Waals surface area contributed by atoms with Gasteiger partial charge in [-0.15, -0.1) is 0 Å². The smallest absolute Gasteiger partial charge is 0.469 e. The van der Waals surface area contributed by atoms with Crippen molar-refractivity contribution in [2.24, 2.45) is 0 Å². The summed E-state index contributed by atoms with van der Waals surface area (Å²) < 4.78 is 42.7. The minimum atomic E-state index is -4.85. The first-order valence-electron chi connectivity index (χ1n) is 10.0. The first-order chi connectivity index (χ1) is 16.4. The highest BCUT2D eigenvalue weighted by Crippen LogP contribution is 2.37. The lowest BCUT2D eigenvalue weighted by atomic mass is 10.1. The number of benzene rings is 1. The first kappa shape index (κ1) is 25.5. The number of rotatable bonds is 8. The van der Waals surface area contributed by atoms with Gasteiger partial charge in [0.15, 0.2) is 6.33 Å². The molecule has 0 spiro atoms. The number of fused-ring (bicyclic) bond motifs is 1. The predicted molar refractivity (Wildman–Crippen MR) is 116 cm³/mol. The number of hydrogen-bond acceptors (Lipinski definition) is 9. The van der Waals surface area contributed by atoms with Gasteiger partial charge in [0.1, 0.15) is 43.0 Å². The molecule has 0 unspecified atom stereocenters. The number of aromatic nitrogens is 4. The Morgan fingerprint density at radius 2 is 2.09 bits per heavy atom. The van der Waals surface area contributed by atoms with E-state index in [0.717, 1.165) is 6.07 Å². The summed E-state index contributed by atoms with van der Waals surface area (Å²) in [7, 11) is -4.85. The summed E-state index contributed by atoms with van der Waals surface area (Å²) >= 11 is 5.66. The molecule has 14 nitrogen and oxygen atoms in total. The summed E-state index contributed by atoms with van der Waals surface area (Å²) in [6.45, 7) is -0.650. The summed E-state index contributed by atoms with van der Waals surface area (Å²) in [5.41, 5.74) is 5.09. The topological polar surface area (TPSA) is 206 Å². The van der Waals surface area contributed by atoms with Crippen molar-refractivity contribution in [3.8, 4) is 5.75 Å². The number of anilines is 1. The Balaban J connectivity index is 1.60. The molecule has 4 atom stereocenters. The second kappa shape index (κ2) is 9.79. The second-order valence-electron chi connectivity index (χ2n) is 7.60. The van der Waals surface area contributed by atoms with Crippen molar-refractivity contribution in [2.75, 3.05) is 18.9 Å². The fourth-order valence-electron chi connectivity index (χ4n) is 3.63. The maximum Gasteiger partial charge on any atom is 0.469 e. The van der Waals surface area contributed by atoms with Crippen LogP contribution in [0.15, 0.2) is 29.3 Å². The fourth-order valence-corrected chi connectivity index (χ4v) is 4.08. The molecule has 1 fully saturated rings.